The minimum absolute atomic E-state index is 0.108. The van der Waals surface area contributed by atoms with E-state index in [9.17, 15) is 4.79 Å². The topological polar surface area (TPSA) is 59.2 Å². The highest BCUT2D eigenvalue weighted by Crippen LogP contribution is 2.38. The molecular formula is C15H22ClN3O. The first-order valence-corrected chi connectivity index (χ1v) is 7.60. The number of pyridine rings is 1. The van der Waals surface area contributed by atoms with Gasteiger partial charge in [-0.05, 0) is 30.4 Å². The molecule has 1 saturated heterocycles. The van der Waals surface area contributed by atoms with Gasteiger partial charge in [-0.15, -0.1) is 0 Å². The SMILES string of the molecule is CCC1(CC)CCN(C(=O)c2nc(N)ccc2Cl)CC1. The zero-order chi connectivity index (χ0) is 14.8. The third-order valence-electron chi connectivity index (χ3n) is 4.68. The van der Waals surface area contributed by atoms with Crippen molar-refractivity contribution in [3.63, 3.8) is 0 Å². The zero-order valence-electron chi connectivity index (χ0n) is 12.2. The lowest BCUT2D eigenvalue weighted by atomic mass is 9.74. The van der Waals surface area contributed by atoms with Crippen molar-refractivity contribution >= 4 is 23.3 Å². The molecule has 1 aromatic heterocycles. The number of nitrogens with two attached hydrogens (primary N) is 1. The lowest BCUT2D eigenvalue weighted by Crippen LogP contribution is -2.43. The van der Waals surface area contributed by atoms with Gasteiger partial charge in [0.2, 0.25) is 0 Å². The van der Waals surface area contributed by atoms with Crippen LogP contribution in [0.5, 0.6) is 0 Å². The van der Waals surface area contributed by atoms with Gasteiger partial charge in [-0.3, -0.25) is 4.79 Å². The number of carbonyl (C=O) groups is 1. The first-order valence-electron chi connectivity index (χ1n) is 7.22. The maximum atomic E-state index is 12.5. The Labute approximate surface area is 125 Å². The van der Waals surface area contributed by atoms with Crippen molar-refractivity contribution in [1.82, 2.24) is 9.88 Å². The maximum Gasteiger partial charge on any atom is 0.274 e. The van der Waals surface area contributed by atoms with Gasteiger partial charge >= 0.3 is 0 Å². The number of rotatable bonds is 3. The Morgan fingerprint density at radius 1 is 1.35 bits per heavy atom. The predicted octanol–water partition coefficient (Wildman–Crippen LogP) is 3.36. The van der Waals surface area contributed by atoms with Crippen LogP contribution >= 0.6 is 11.6 Å². The third-order valence-corrected chi connectivity index (χ3v) is 4.99. The van der Waals surface area contributed by atoms with E-state index in [0.29, 0.717) is 16.3 Å². The van der Waals surface area contributed by atoms with E-state index in [1.807, 2.05) is 4.90 Å². The van der Waals surface area contributed by atoms with Crippen LogP contribution < -0.4 is 5.73 Å². The highest BCUT2D eigenvalue weighted by molar-refractivity contribution is 6.33. The number of piperidine rings is 1. The number of hydrogen-bond donors (Lipinski definition) is 1. The molecule has 2 rings (SSSR count). The van der Waals surface area contributed by atoms with E-state index in [0.717, 1.165) is 25.9 Å². The average Bonchev–Trinajstić information content (AvgIpc) is 2.49. The molecule has 0 saturated carbocycles. The monoisotopic (exact) mass is 295 g/mol. The highest BCUT2D eigenvalue weighted by Gasteiger charge is 2.33. The number of hydrogen-bond acceptors (Lipinski definition) is 3. The van der Waals surface area contributed by atoms with Gasteiger partial charge in [-0.1, -0.05) is 38.3 Å². The van der Waals surface area contributed by atoms with Gasteiger partial charge in [0.25, 0.3) is 5.91 Å². The predicted molar refractivity (Wildman–Crippen MR) is 81.8 cm³/mol. The second-order valence-corrected chi connectivity index (χ2v) is 5.97. The smallest absolute Gasteiger partial charge is 0.274 e. The number of nitrogens with zero attached hydrogens (tertiary/aromatic N) is 2. The van der Waals surface area contributed by atoms with Crippen LogP contribution in [-0.2, 0) is 0 Å². The summed E-state index contributed by atoms with van der Waals surface area (Å²) < 4.78 is 0. The molecule has 5 heteroatoms. The van der Waals surface area contributed by atoms with Crippen LogP contribution in [0.2, 0.25) is 5.02 Å². The Balaban J connectivity index is 2.10. The summed E-state index contributed by atoms with van der Waals surface area (Å²) in [7, 11) is 0. The van der Waals surface area contributed by atoms with Gasteiger partial charge < -0.3 is 10.6 Å². The van der Waals surface area contributed by atoms with Crippen LogP contribution in [-0.4, -0.2) is 28.9 Å². The molecule has 2 heterocycles. The summed E-state index contributed by atoms with van der Waals surface area (Å²) >= 11 is 6.06. The van der Waals surface area contributed by atoms with E-state index in [-0.39, 0.29) is 11.6 Å². The van der Waals surface area contributed by atoms with E-state index in [1.54, 1.807) is 12.1 Å². The number of halogens is 1. The van der Waals surface area contributed by atoms with E-state index < -0.39 is 0 Å². The Bertz CT molecular complexity index is 490. The first kappa shape index (κ1) is 15.1. The molecule has 0 aliphatic carbocycles. The van der Waals surface area contributed by atoms with Gasteiger partial charge in [0.15, 0.2) is 0 Å². The molecule has 0 unspecified atom stereocenters. The number of likely N-dealkylation sites (tertiary alicyclic amines) is 1. The molecule has 110 valence electrons. The molecule has 1 aliphatic heterocycles. The van der Waals surface area contributed by atoms with Crippen LogP contribution in [0.1, 0.15) is 50.0 Å². The first-order chi connectivity index (χ1) is 9.51. The molecule has 0 radical (unpaired) electrons. The summed E-state index contributed by atoms with van der Waals surface area (Å²) in [6, 6.07) is 3.23. The highest BCUT2D eigenvalue weighted by atomic mass is 35.5. The minimum Gasteiger partial charge on any atom is -0.384 e. The van der Waals surface area contributed by atoms with Crippen LogP contribution in [0.3, 0.4) is 0 Å². The molecule has 1 amide bonds. The van der Waals surface area contributed by atoms with Crippen LogP contribution in [0.15, 0.2) is 12.1 Å². The van der Waals surface area contributed by atoms with Crippen LogP contribution in [0.25, 0.3) is 0 Å². The molecule has 1 fully saturated rings. The molecule has 0 aromatic carbocycles. The maximum absolute atomic E-state index is 12.5. The van der Waals surface area contributed by atoms with Gasteiger partial charge in [0.05, 0.1) is 5.02 Å². The van der Waals surface area contributed by atoms with Crippen molar-refractivity contribution in [2.45, 2.75) is 39.5 Å². The quantitative estimate of drug-likeness (QED) is 0.930. The fraction of sp³-hybridized carbons (Fsp3) is 0.600. The summed E-state index contributed by atoms with van der Waals surface area (Å²) in [5.41, 5.74) is 6.30. The van der Waals surface area contributed by atoms with E-state index in [4.69, 9.17) is 17.3 Å². The van der Waals surface area contributed by atoms with Gasteiger partial charge in [-0.2, -0.15) is 0 Å². The Morgan fingerprint density at radius 3 is 2.50 bits per heavy atom. The van der Waals surface area contributed by atoms with Crippen molar-refractivity contribution < 1.29 is 4.79 Å². The molecule has 0 spiro atoms. The van der Waals surface area contributed by atoms with E-state index in [2.05, 4.69) is 18.8 Å². The number of aromatic nitrogens is 1. The number of carbonyl (C=O) groups excluding carboxylic acids is 1. The fourth-order valence-corrected chi connectivity index (χ4v) is 3.08. The van der Waals surface area contributed by atoms with Crippen molar-refractivity contribution in [3.05, 3.63) is 22.8 Å². The summed E-state index contributed by atoms with van der Waals surface area (Å²) in [5.74, 6) is 0.217. The molecule has 4 nitrogen and oxygen atoms in total. The van der Waals surface area contributed by atoms with Crippen molar-refractivity contribution in [1.29, 1.82) is 0 Å². The van der Waals surface area contributed by atoms with Crippen molar-refractivity contribution in [3.8, 4) is 0 Å². The normalized spacial score (nSPS) is 18.1. The molecule has 1 aliphatic rings. The zero-order valence-corrected chi connectivity index (χ0v) is 12.9. The molecule has 1 aromatic rings. The van der Waals surface area contributed by atoms with Crippen molar-refractivity contribution in [2.24, 2.45) is 5.41 Å². The standard InChI is InChI=1S/C15H22ClN3O/c1-3-15(4-2)7-9-19(10-8-15)14(20)13-11(16)5-6-12(17)18-13/h5-6H,3-4,7-10H2,1-2H3,(H2,17,18). The number of amides is 1. The van der Waals surface area contributed by atoms with Crippen LogP contribution in [0.4, 0.5) is 5.82 Å². The Hall–Kier alpha value is -1.29. The van der Waals surface area contributed by atoms with E-state index >= 15 is 0 Å². The second kappa shape index (κ2) is 6.00. The number of nitrogen functional groups attached to an aromatic ring is 1. The van der Waals surface area contributed by atoms with Gasteiger partial charge in [-0.25, -0.2) is 4.98 Å². The van der Waals surface area contributed by atoms with Gasteiger partial charge in [0.1, 0.15) is 11.5 Å². The largest absolute Gasteiger partial charge is 0.384 e. The second-order valence-electron chi connectivity index (χ2n) is 5.57. The Kier molecular flexibility index (Phi) is 4.53. The lowest BCUT2D eigenvalue weighted by molar-refractivity contribution is 0.0552. The molecule has 0 atom stereocenters. The Morgan fingerprint density at radius 2 is 1.95 bits per heavy atom. The summed E-state index contributed by atoms with van der Waals surface area (Å²) in [4.78, 5) is 18.4. The molecule has 20 heavy (non-hydrogen) atoms. The molecule has 2 N–H and O–H groups in total. The summed E-state index contributed by atoms with van der Waals surface area (Å²) in [6.45, 7) is 6.01. The molecular weight excluding hydrogens is 274 g/mol. The van der Waals surface area contributed by atoms with E-state index in [1.165, 1.54) is 12.8 Å². The van der Waals surface area contributed by atoms with Crippen molar-refractivity contribution in [2.75, 3.05) is 18.8 Å². The summed E-state index contributed by atoms with van der Waals surface area (Å²) in [5, 5.41) is 0.368. The lowest BCUT2D eigenvalue weighted by Gasteiger charge is -2.40. The average molecular weight is 296 g/mol. The van der Waals surface area contributed by atoms with Crippen LogP contribution in [0, 0.1) is 5.41 Å². The fourth-order valence-electron chi connectivity index (χ4n) is 2.90. The third kappa shape index (κ3) is 2.90. The molecule has 0 bridgehead atoms. The number of anilines is 1. The minimum atomic E-state index is -0.108. The summed E-state index contributed by atoms with van der Waals surface area (Å²) in [6.07, 6.45) is 4.43. The van der Waals surface area contributed by atoms with Gasteiger partial charge in [0, 0.05) is 13.1 Å².